The molecule has 0 spiro atoms. The Morgan fingerprint density at radius 1 is 1.22 bits per heavy atom. The predicted molar refractivity (Wildman–Crippen MR) is 60.9 cm³/mol. The molecule has 0 unspecified atom stereocenters. The summed E-state index contributed by atoms with van der Waals surface area (Å²) in [5, 5.41) is 0. The number of halogens is 3. The van der Waals surface area contributed by atoms with E-state index in [2.05, 4.69) is 0 Å². The molecule has 0 heterocycles. The fourth-order valence-corrected chi connectivity index (χ4v) is 1.21. The van der Waals surface area contributed by atoms with Crippen molar-refractivity contribution in [3.05, 3.63) is 29.8 Å². The van der Waals surface area contributed by atoms with Crippen molar-refractivity contribution < 1.29 is 22.7 Å². The minimum atomic E-state index is -4.84. The van der Waals surface area contributed by atoms with Crippen LogP contribution in [0.3, 0.4) is 0 Å². The highest BCUT2D eigenvalue weighted by Gasteiger charge is 2.39. The van der Waals surface area contributed by atoms with Crippen molar-refractivity contribution >= 4 is 5.78 Å². The van der Waals surface area contributed by atoms with E-state index in [4.69, 9.17) is 4.74 Å². The Morgan fingerprint density at radius 3 is 2.22 bits per heavy atom. The number of carbonyl (C=O) groups is 1. The molecule has 3 nitrogen and oxygen atoms in total. The molecule has 0 aliphatic heterocycles. The molecule has 6 heteroatoms. The molecule has 0 atom stereocenters. The van der Waals surface area contributed by atoms with Crippen molar-refractivity contribution in [2.45, 2.75) is 6.18 Å². The molecule has 1 rings (SSSR count). The summed E-state index contributed by atoms with van der Waals surface area (Å²) in [7, 11) is 3.77. The maximum absolute atomic E-state index is 12.1. The molecule has 0 amide bonds. The van der Waals surface area contributed by atoms with Gasteiger partial charge in [0.05, 0.1) is 0 Å². The zero-order valence-corrected chi connectivity index (χ0v) is 10.1. The first-order valence-electron chi connectivity index (χ1n) is 5.30. The normalized spacial score (nSPS) is 11.7. The SMILES string of the molecule is CN(C)CCOc1ccc(C(=O)C(F)(F)F)cc1. The number of ether oxygens (including phenoxy) is 1. The minimum absolute atomic E-state index is 0.387. The molecule has 0 N–H and O–H groups in total. The lowest BCUT2D eigenvalue weighted by molar-refractivity contribution is -0.0885. The number of Topliss-reactive ketones (excluding diaryl/α,β-unsaturated/α-hetero) is 1. The van der Waals surface area contributed by atoms with Crippen molar-refractivity contribution in [1.82, 2.24) is 4.90 Å². The number of carbonyl (C=O) groups excluding carboxylic acids is 1. The summed E-state index contributed by atoms with van der Waals surface area (Å²) >= 11 is 0. The lowest BCUT2D eigenvalue weighted by Gasteiger charge is -2.11. The fraction of sp³-hybridized carbons (Fsp3) is 0.417. The van der Waals surface area contributed by atoms with E-state index in [-0.39, 0.29) is 5.56 Å². The lowest BCUT2D eigenvalue weighted by Crippen LogP contribution is -2.22. The molecule has 1 aromatic rings. The van der Waals surface area contributed by atoms with E-state index in [1.807, 2.05) is 19.0 Å². The van der Waals surface area contributed by atoms with Gasteiger partial charge in [-0.05, 0) is 38.4 Å². The van der Waals surface area contributed by atoms with Gasteiger partial charge in [-0.15, -0.1) is 0 Å². The summed E-state index contributed by atoms with van der Waals surface area (Å²) in [6, 6.07) is 4.94. The Morgan fingerprint density at radius 2 is 1.78 bits per heavy atom. The average molecular weight is 261 g/mol. The molecular weight excluding hydrogens is 247 g/mol. The van der Waals surface area contributed by atoms with Crippen LogP contribution in [0.5, 0.6) is 5.75 Å². The van der Waals surface area contributed by atoms with Crippen LogP contribution in [0, 0.1) is 0 Å². The van der Waals surface area contributed by atoms with Gasteiger partial charge in [-0.25, -0.2) is 0 Å². The molecule has 0 bridgehead atoms. The molecule has 0 radical (unpaired) electrons. The van der Waals surface area contributed by atoms with Crippen LogP contribution in [0.25, 0.3) is 0 Å². The second kappa shape index (κ2) is 5.86. The molecule has 0 aromatic heterocycles. The molecule has 0 saturated heterocycles. The molecule has 18 heavy (non-hydrogen) atoms. The summed E-state index contributed by atoms with van der Waals surface area (Å²) in [6.07, 6.45) is -4.84. The highest BCUT2D eigenvalue weighted by atomic mass is 19.4. The maximum atomic E-state index is 12.1. The van der Waals surface area contributed by atoms with E-state index in [9.17, 15) is 18.0 Å². The predicted octanol–water partition coefficient (Wildman–Crippen LogP) is 2.37. The molecule has 1 aromatic carbocycles. The number of ketones is 1. The number of alkyl halides is 3. The van der Waals surface area contributed by atoms with Crippen LogP contribution in [0.2, 0.25) is 0 Å². The van der Waals surface area contributed by atoms with Crippen molar-refractivity contribution in [1.29, 1.82) is 0 Å². The third-order valence-electron chi connectivity index (χ3n) is 2.18. The van der Waals surface area contributed by atoms with Gasteiger partial charge in [-0.1, -0.05) is 0 Å². The highest BCUT2D eigenvalue weighted by molar-refractivity contribution is 6.00. The van der Waals surface area contributed by atoms with E-state index < -0.39 is 12.0 Å². The number of hydrogen-bond acceptors (Lipinski definition) is 3. The zero-order chi connectivity index (χ0) is 13.8. The van der Waals surface area contributed by atoms with Gasteiger partial charge in [-0.3, -0.25) is 4.79 Å². The van der Waals surface area contributed by atoms with Crippen LogP contribution in [0.1, 0.15) is 10.4 Å². The summed E-state index contributed by atoms with van der Waals surface area (Å²) in [5.41, 5.74) is -0.387. The van der Waals surface area contributed by atoms with Gasteiger partial charge in [0.2, 0.25) is 0 Å². The van der Waals surface area contributed by atoms with Crippen molar-refractivity contribution in [3.8, 4) is 5.75 Å². The van der Waals surface area contributed by atoms with Gasteiger partial charge in [0.1, 0.15) is 12.4 Å². The largest absolute Gasteiger partial charge is 0.492 e. The Hall–Kier alpha value is -1.56. The van der Waals surface area contributed by atoms with Gasteiger partial charge in [0.15, 0.2) is 0 Å². The van der Waals surface area contributed by atoms with Gasteiger partial charge < -0.3 is 9.64 Å². The lowest BCUT2D eigenvalue weighted by atomic mass is 10.1. The Balaban J connectivity index is 2.60. The first-order chi connectivity index (χ1) is 8.30. The Kier molecular flexibility index (Phi) is 4.72. The van der Waals surface area contributed by atoms with Crippen LogP contribution >= 0.6 is 0 Å². The molecule has 0 fully saturated rings. The number of likely N-dealkylation sites (N-methyl/N-ethyl adjacent to an activating group) is 1. The zero-order valence-electron chi connectivity index (χ0n) is 10.1. The van der Waals surface area contributed by atoms with E-state index in [0.29, 0.717) is 18.9 Å². The minimum Gasteiger partial charge on any atom is -0.492 e. The van der Waals surface area contributed by atoms with E-state index >= 15 is 0 Å². The van der Waals surface area contributed by atoms with Crippen LogP contribution < -0.4 is 4.74 Å². The second-order valence-electron chi connectivity index (χ2n) is 4.00. The standard InChI is InChI=1S/C12H14F3NO2/c1-16(2)7-8-18-10-5-3-9(4-6-10)11(17)12(13,14)15/h3-6H,7-8H2,1-2H3. The van der Waals surface area contributed by atoms with Crippen molar-refractivity contribution in [2.75, 3.05) is 27.2 Å². The number of rotatable bonds is 5. The number of benzene rings is 1. The first kappa shape index (κ1) is 14.5. The quantitative estimate of drug-likeness (QED) is 0.762. The highest BCUT2D eigenvalue weighted by Crippen LogP contribution is 2.22. The first-order valence-corrected chi connectivity index (χ1v) is 5.30. The smallest absolute Gasteiger partial charge is 0.454 e. The molecule has 0 saturated carbocycles. The van der Waals surface area contributed by atoms with Crippen molar-refractivity contribution in [3.63, 3.8) is 0 Å². The molecular formula is C12H14F3NO2. The average Bonchev–Trinajstić information content (AvgIpc) is 2.27. The third-order valence-corrected chi connectivity index (χ3v) is 2.18. The molecule has 0 aliphatic rings. The van der Waals surface area contributed by atoms with Crippen LogP contribution in [0.15, 0.2) is 24.3 Å². The van der Waals surface area contributed by atoms with Crippen LogP contribution in [-0.2, 0) is 0 Å². The molecule has 0 aliphatic carbocycles. The van der Waals surface area contributed by atoms with Gasteiger partial charge >= 0.3 is 6.18 Å². The van der Waals surface area contributed by atoms with Gasteiger partial charge in [0, 0.05) is 12.1 Å². The summed E-state index contributed by atoms with van der Waals surface area (Å²) in [6.45, 7) is 1.13. The van der Waals surface area contributed by atoms with Crippen molar-refractivity contribution in [2.24, 2.45) is 0 Å². The number of nitrogens with zero attached hydrogens (tertiary/aromatic N) is 1. The fourth-order valence-electron chi connectivity index (χ4n) is 1.21. The van der Waals surface area contributed by atoms with E-state index in [0.717, 1.165) is 12.1 Å². The van der Waals surface area contributed by atoms with Gasteiger partial charge in [0.25, 0.3) is 5.78 Å². The third kappa shape index (κ3) is 4.37. The van der Waals surface area contributed by atoms with E-state index in [1.165, 1.54) is 12.1 Å². The van der Waals surface area contributed by atoms with Gasteiger partial charge in [-0.2, -0.15) is 13.2 Å². The maximum Gasteiger partial charge on any atom is 0.454 e. The van der Waals surface area contributed by atoms with E-state index in [1.54, 1.807) is 0 Å². The Bertz CT molecular complexity index is 399. The summed E-state index contributed by atoms with van der Waals surface area (Å²) < 4.78 is 41.7. The second-order valence-corrected chi connectivity index (χ2v) is 4.00. The molecule has 100 valence electrons. The summed E-state index contributed by atoms with van der Waals surface area (Å²) in [4.78, 5) is 12.8. The van der Waals surface area contributed by atoms with Crippen LogP contribution in [0.4, 0.5) is 13.2 Å². The van der Waals surface area contributed by atoms with Crippen LogP contribution in [-0.4, -0.2) is 44.1 Å². The number of hydrogen-bond donors (Lipinski definition) is 0. The topological polar surface area (TPSA) is 29.5 Å². The Labute approximate surface area is 103 Å². The monoisotopic (exact) mass is 261 g/mol. The summed E-state index contributed by atoms with van der Waals surface area (Å²) in [5.74, 6) is -1.40.